The lowest BCUT2D eigenvalue weighted by Gasteiger charge is -2.06. The summed E-state index contributed by atoms with van der Waals surface area (Å²) in [5.41, 5.74) is 0.245. The third-order valence-corrected chi connectivity index (χ3v) is 1.64. The maximum Gasteiger partial charge on any atom is 0.236 e. The Morgan fingerprint density at radius 3 is 2.62 bits per heavy atom. The Balaban J connectivity index is 3.36. The first-order valence-electron chi connectivity index (χ1n) is 3.41. The molecule has 0 aromatic carbocycles. The SMILES string of the molecule is COc1cc(Cl)nc(OC)c1C#N. The van der Waals surface area contributed by atoms with Crippen LogP contribution >= 0.6 is 11.6 Å². The van der Waals surface area contributed by atoms with Crippen LogP contribution < -0.4 is 9.47 Å². The number of halogens is 1. The van der Waals surface area contributed by atoms with Gasteiger partial charge in [0.2, 0.25) is 5.88 Å². The molecule has 1 heterocycles. The van der Waals surface area contributed by atoms with Gasteiger partial charge in [-0.25, -0.2) is 4.98 Å². The number of nitrogens with zero attached hydrogens (tertiary/aromatic N) is 2. The molecule has 0 aliphatic carbocycles. The van der Waals surface area contributed by atoms with E-state index in [1.165, 1.54) is 20.3 Å². The number of pyridine rings is 1. The summed E-state index contributed by atoms with van der Waals surface area (Å²) in [5.74, 6) is 0.534. The standard InChI is InChI=1S/C8H7ClN2O2/c1-12-6-3-7(9)11-8(13-2)5(6)4-10/h3H,1-2H3. The van der Waals surface area contributed by atoms with Crippen LogP contribution in [0.5, 0.6) is 11.6 Å². The minimum absolute atomic E-state index is 0.173. The zero-order chi connectivity index (χ0) is 9.84. The van der Waals surface area contributed by atoms with Crippen LogP contribution in [0.3, 0.4) is 0 Å². The highest BCUT2D eigenvalue weighted by atomic mass is 35.5. The lowest BCUT2D eigenvalue weighted by Crippen LogP contribution is -1.96. The van der Waals surface area contributed by atoms with E-state index in [2.05, 4.69) is 4.98 Å². The number of rotatable bonds is 2. The first kappa shape index (κ1) is 9.62. The molecule has 0 fully saturated rings. The highest BCUT2D eigenvalue weighted by molar-refractivity contribution is 6.29. The second-order valence-corrected chi connectivity index (χ2v) is 2.53. The van der Waals surface area contributed by atoms with Gasteiger partial charge in [0.1, 0.15) is 17.0 Å². The minimum Gasteiger partial charge on any atom is -0.495 e. The van der Waals surface area contributed by atoms with Gasteiger partial charge in [-0.15, -0.1) is 0 Å². The molecule has 13 heavy (non-hydrogen) atoms. The van der Waals surface area contributed by atoms with E-state index >= 15 is 0 Å². The smallest absolute Gasteiger partial charge is 0.236 e. The molecule has 0 saturated carbocycles. The Kier molecular flexibility index (Phi) is 2.93. The van der Waals surface area contributed by atoms with Crippen molar-refractivity contribution < 1.29 is 9.47 Å². The van der Waals surface area contributed by atoms with Crippen LogP contribution in [0.25, 0.3) is 0 Å². The van der Waals surface area contributed by atoms with Gasteiger partial charge in [-0.3, -0.25) is 0 Å². The van der Waals surface area contributed by atoms with Crippen molar-refractivity contribution in [2.75, 3.05) is 14.2 Å². The lowest BCUT2D eigenvalue weighted by atomic mass is 10.2. The van der Waals surface area contributed by atoms with Gasteiger partial charge in [0.25, 0.3) is 0 Å². The van der Waals surface area contributed by atoms with Crippen molar-refractivity contribution in [2.45, 2.75) is 0 Å². The summed E-state index contributed by atoms with van der Waals surface area (Å²) in [6.07, 6.45) is 0. The van der Waals surface area contributed by atoms with Crippen molar-refractivity contribution >= 4 is 11.6 Å². The van der Waals surface area contributed by atoms with Crippen molar-refractivity contribution in [1.82, 2.24) is 4.98 Å². The fourth-order valence-electron chi connectivity index (χ4n) is 0.883. The van der Waals surface area contributed by atoms with Gasteiger partial charge in [0.15, 0.2) is 5.56 Å². The van der Waals surface area contributed by atoms with Gasteiger partial charge in [-0.2, -0.15) is 5.26 Å². The fraction of sp³-hybridized carbons (Fsp3) is 0.250. The highest BCUT2D eigenvalue weighted by Crippen LogP contribution is 2.28. The normalized spacial score (nSPS) is 9.08. The third kappa shape index (κ3) is 1.82. The topological polar surface area (TPSA) is 55.1 Å². The summed E-state index contributed by atoms with van der Waals surface area (Å²) in [7, 11) is 2.87. The molecule has 0 saturated heterocycles. The quantitative estimate of drug-likeness (QED) is 0.678. The molecule has 0 amide bonds. The van der Waals surface area contributed by atoms with Crippen molar-refractivity contribution in [3.05, 3.63) is 16.8 Å². The molecule has 0 unspecified atom stereocenters. The van der Waals surface area contributed by atoms with Crippen molar-refractivity contribution in [3.63, 3.8) is 0 Å². The van der Waals surface area contributed by atoms with Crippen molar-refractivity contribution in [1.29, 1.82) is 5.26 Å². The molecule has 68 valence electrons. The molecule has 1 aromatic heterocycles. The monoisotopic (exact) mass is 198 g/mol. The Bertz CT molecular complexity index is 335. The molecule has 1 rings (SSSR count). The molecule has 0 aliphatic rings. The average Bonchev–Trinajstić information content (AvgIpc) is 2.16. The van der Waals surface area contributed by atoms with E-state index in [4.69, 9.17) is 26.3 Å². The Morgan fingerprint density at radius 2 is 2.15 bits per heavy atom. The minimum atomic E-state index is 0.173. The summed E-state index contributed by atoms with van der Waals surface area (Å²) >= 11 is 5.66. The molecule has 5 heteroatoms. The number of ether oxygens (including phenoxy) is 2. The van der Waals surface area contributed by atoms with Gasteiger partial charge in [-0.1, -0.05) is 11.6 Å². The number of hydrogen-bond acceptors (Lipinski definition) is 4. The first-order chi connectivity index (χ1) is 6.22. The number of hydrogen-bond donors (Lipinski definition) is 0. The molecule has 0 atom stereocenters. The molecule has 0 bridgehead atoms. The van der Waals surface area contributed by atoms with Crippen LogP contribution in [0.1, 0.15) is 5.56 Å². The Hall–Kier alpha value is -1.47. The third-order valence-electron chi connectivity index (χ3n) is 1.44. The summed E-state index contributed by atoms with van der Waals surface area (Å²) in [6.45, 7) is 0. The zero-order valence-corrected chi connectivity index (χ0v) is 7.92. The van der Waals surface area contributed by atoms with E-state index < -0.39 is 0 Å². The van der Waals surface area contributed by atoms with Gasteiger partial charge < -0.3 is 9.47 Å². The predicted molar refractivity (Wildman–Crippen MR) is 47.1 cm³/mol. The number of nitriles is 1. The Labute approximate surface area is 80.7 Å². The van der Waals surface area contributed by atoms with E-state index in [1.54, 1.807) is 0 Å². The summed E-state index contributed by atoms with van der Waals surface area (Å²) in [5, 5.41) is 8.99. The Morgan fingerprint density at radius 1 is 1.46 bits per heavy atom. The molecule has 1 aromatic rings. The van der Waals surface area contributed by atoms with Crippen LogP contribution in [0.15, 0.2) is 6.07 Å². The van der Waals surface area contributed by atoms with Crippen LogP contribution in [-0.2, 0) is 0 Å². The van der Waals surface area contributed by atoms with Gasteiger partial charge in [0.05, 0.1) is 14.2 Å². The second kappa shape index (κ2) is 3.97. The van der Waals surface area contributed by atoms with E-state index in [1.807, 2.05) is 6.07 Å². The number of aromatic nitrogens is 1. The molecule has 0 N–H and O–H groups in total. The summed E-state index contributed by atoms with van der Waals surface area (Å²) in [4.78, 5) is 3.81. The van der Waals surface area contributed by atoms with Crippen LogP contribution in [0.2, 0.25) is 5.15 Å². The lowest BCUT2D eigenvalue weighted by molar-refractivity contribution is 0.380. The van der Waals surface area contributed by atoms with Crippen LogP contribution in [-0.4, -0.2) is 19.2 Å². The summed E-state index contributed by atoms with van der Waals surface area (Å²) < 4.78 is 9.79. The van der Waals surface area contributed by atoms with Gasteiger partial charge in [-0.05, 0) is 0 Å². The molecular weight excluding hydrogens is 192 g/mol. The molecular formula is C8H7ClN2O2. The van der Waals surface area contributed by atoms with E-state index in [0.717, 1.165) is 0 Å². The predicted octanol–water partition coefficient (Wildman–Crippen LogP) is 1.62. The largest absolute Gasteiger partial charge is 0.495 e. The van der Waals surface area contributed by atoms with E-state index in [0.29, 0.717) is 5.75 Å². The van der Waals surface area contributed by atoms with E-state index in [9.17, 15) is 0 Å². The van der Waals surface area contributed by atoms with Crippen LogP contribution in [0.4, 0.5) is 0 Å². The molecule has 4 nitrogen and oxygen atoms in total. The van der Waals surface area contributed by atoms with Crippen LogP contribution in [0, 0.1) is 11.3 Å². The van der Waals surface area contributed by atoms with Crippen molar-refractivity contribution in [2.24, 2.45) is 0 Å². The van der Waals surface area contributed by atoms with Gasteiger partial charge in [0, 0.05) is 6.07 Å². The molecule has 0 spiro atoms. The first-order valence-corrected chi connectivity index (χ1v) is 3.79. The zero-order valence-electron chi connectivity index (χ0n) is 7.17. The number of methoxy groups -OCH3 is 2. The van der Waals surface area contributed by atoms with E-state index in [-0.39, 0.29) is 16.6 Å². The molecule has 0 radical (unpaired) electrons. The fourth-order valence-corrected chi connectivity index (χ4v) is 1.06. The summed E-state index contributed by atoms with van der Waals surface area (Å²) in [6, 6.07) is 3.38. The maximum absolute atomic E-state index is 8.76. The highest BCUT2D eigenvalue weighted by Gasteiger charge is 2.12. The molecule has 0 aliphatic heterocycles. The maximum atomic E-state index is 8.76. The average molecular weight is 199 g/mol. The van der Waals surface area contributed by atoms with Gasteiger partial charge >= 0.3 is 0 Å². The second-order valence-electron chi connectivity index (χ2n) is 2.14. The van der Waals surface area contributed by atoms with Crippen molar-refractivity contribution in [3.8, 4) is 17.7 Å².